The van der Waals surface area contributed by atoms with Crippen molar-refractivity contribution in [3.05, 3.63) is 30.2 Å². The third-order valence-electron chi connectivity index (χ3n) is 4.20. The van der Waals surface area contributed by atoms with E-state index in [9.17, 15) is 27.8 Å². The van der Waals surface area contributed by atoms with Crippen LogP contribution >= 0.6 is 0 Å². The van der Waals surface area contributed by atoms with Gasteiger partial charge in [0, 0.05) is 25.7 Å². The van der Waals surface area contributed by atoms with E-state index in [1.165, 1.54) is 0 Å². The molecule has 0 spiro atoms. The fraction of sp³-hybridized carbons (Fsp3) is 0.312. The maximum Gasteiger partial charge on any atom is 0.577 e. The first-order chi connectivity index (χ1) is 13.0. The minimum atomic E-state index is -1.25. The zero-order chi connectivity index (χ0) is 19.6. The molecule has 2 aliphatic rings. The van der Waals surface area contributed by atoms with E-state index in [0.29, 0.717) is 11.1 Å². The molecule has 11 heteroatoms. The molecule has 2 aliphatic heterocycles. The van der Waals surface area contributed by atoms with E-state index in [0.717, 1.165) is 9.80 Å². The Labute approximate surface area is 152 Å². The van der Waals surface area contributed by atoms with Crippen molar-refractivity contribution in [1.29, 1.82) is 0 Å². The molecule has 0 atom stereocenters. The van der Waals surface area contributed by atoms with Crippen LogP contribution in [0.2, 0.25) is 0 Å². The molecule has 139 valence electrons. The summed E-state index contributed by atoms with van der Waals surface area (Å²) in [5.74, 6) is -1.79. The molecule has 0 aliphatic carbocycles. The Kier molecular flexibility index (Phi) is 5.29. The van der Waals surface area contributed by atoms with E-state index >= 15 is 0 Å². The molecular formula is C16H13BF2N3O5. The number of carbonyl (C=O) groups is 4. The van der Waals surface area contributed by atoms with Gasteiger partial charge in [0.25, 0.3) is 0 Å². The van der Waals surface area contributed by atoms with E-state index in [4.69, 9.17) is 4.42 Å². The van der Waals surface area contributed by atoms with Crippen LogP contribution in [0.5, 0.6) is 0 Å². The van der Waals surface area contributed by atoms with E-state index in [1.807, 2.05) is 0 Å². The van der Waals surface area contributed by atoms with Gasteiger partial charge in [-0.15, -0.1) is 0 Å². The van der Waals surface area contributed by atoms with Crippen LogP contribution in [0.1, 0.15) is 37.7 Å². The topological polar surface area (TPSA) is 101 Å². The summed E-state index contributed by atoms with van der Waals surface area (Å²) in [4.78, 5) is 54.8. The van der Waals surface area contributed by atoms with E-state index < -0.39 is 37.6 Å². The molecule has 2 fully saturated rings. The summed E-state index contributed by atoms with van der Waals surface area (Å²) in [5, 5.41) is 0. The fourth-order valence-electron chi connectivity index (χ4n) is 3.07. The number of halogens is 2. The number of likely N-dealkylation sites (tertiary alicyclic amines) is 2. The van der Waals surface area contributed by atoms with E-state index in [2.05, 4.69) is 4.98 Å². The smallest absolute Gasteiger partial charge is 0.436 e. The molecular weight excluding hydrogens is 363 g/mol. The molecule has 1 radical (unpaired) electrons. The zero-order valence-electron chi connectivity index (χ0n) is 13.9. The van der Waals surface area contributed by atoms with E-state index in [-0.39, 0.29) is 31.6 Å². The maximum atomic E-state index is 12.2. The Balaban J connectivity index is 0.000000659. The molecule has 8 nitrogen and oxygen atoms in total. The highest BCUT2D eigenvalue weighted by Crippen LogP contribution is 2.34. The molecule has 3 heterocycles. The first-order valence-corrected chi connectivity index (χ1v) is 8.05. The van der Waals surface area contributed by atoms with Crippen molar-refractivity contribution in [1.82, 2.24) is 14.8 Å². The third kappa shape index (κ3) is 3.44. The highest BCUT2D eigenvalue weighted by Gasteiger charge is 2.47. The quantitative estimate of drug-likeness (QED) is 0.596. The Bertz CT molecular complexity index is 817. The highest BCUT2D eigenvalue weighted by atomic mass is 19.2. The lowest BCUT2D eigenvalue weighted by atomic mass is 10.3. The number of fused-ring (bicyclic) bond motifs is 1. The number of para-hydroxylation sites is 2. The van der Waals surface area contributed by atoms with Crippen LogP contribution in [0.4, 0.5) is 8.63 Å². The molecule has 2 aromatic rings. The Morgan fingerprint density at radius 3 is 1.78 bits per heavy atom. The van der Waals surface area contributed by atoms with Gasteiger partial charge in [-0.3, -0.25) is 37.6 Å². The molecule has 4 rings (SSSR count). The van der Waals surface area contributed by atoms with Gasteiger partial charge in [-0.05, 0) is 12.1 Å². The molecule has 0 saturated carbocycles. The van der Waals surface area contributed by atoms with Crippen molar-refractivity contribution in [3.63, 3.8) is 0 Å². The van der Waals surface area contributed by atoms with Gasteiger partial charge in [-0.25, -0.2) is 4.98 Å². The van der Waals surface area contributed by atoms with Crippen molar-refractivity contribution in [3.8, 4) is 0 Å². The summed E-state index contributed by atoms with van der Waals surface area (Å²) in [6.07, 6.45) is -1.06. The fourth-order valence-corrected chi connectivity index (χ4v) is 3.07. The van der Waals surface area contributed by atoms with Gasteiger partial charge < -0.3 is 4.42 Å². The van der Waals surface area contributed by atoms with Gasteiger partial charge in [-0.1, -0.05) is 12.1 Å². The lowest BCUT2D eigenvalue weighted by Crippen LogP contribution is -2.46. The third-order valence-corrected chi connectivity index (χ3v) is 4.20. The highest BCUT2D eigenvalue weighted by molar-refractivity contribution is 6.15. The Hall–Kier alpha value is -3.11. The number of aromatic nitrogens is 1. The average Bonchev–Trinajstić information content (AvgIpc) is 3.30. The van der Waals surface area contributed by atoms with Crippen molar-refractivity contribution >= 4 is 42.6 Å². The number of imide groups is 2. The monoisotopic (exact) mass is 376 g/mol. The summed E-state index contributed by atoms with van der Waals surface area (Å²) in [6, 6.07) is 6.91. The van der Waals surface area contributed by atoms with Crippen LogP contribution < -0.4 is 0 Å². The van der Waals surface area contributed by atoms with Gasteiger partial charge >= 0.3 is 7.83 Å². The van der Waals surface area contributed by atoms with Gasteiger partial charge in [0.05, 0.1) is 0 Å². The van der Waals surface area contributed by atoms with E-state index in [1.54, 1.807) is 24.3 Å². The summed E-state index contributed by atoms with van der Waals surface area (Å²) < 4.78 is 24.6. The normalized spacial score (nSPS) is 17.1. The van der Waals surface area contributed by atoms with Crippen LogP contribution in [0, 0.1) is 0 Å². The maximum absolute atomic E-state index is 12.2. The Morgan fingerprint density at radius 2 is 1.33 bits per heavy atom. The molecule has 27 heavy (non-hydrogen) atoms. The van der Waals surface area contributed by atoms with Crippen molar-refractivity contribution in [2.24, 2.45) is 0 Å². The van der Waals surface area contributed by atoms with Crippen molar-refractivity contribution in [2.45, 2.75) is 31.8 Å². The minimum absolute atomic E-state index is 0.0107. The summed E-state index contributed by atoms with van der Waals surface area (Å²) in [6.45, 7) is 0. The first kappa shape index (κ1) is 18.7. The zero-order valence-corrected chi connectivity index (χ0v) is 13.9. The number of oxazole rings is 1. The first-order valence-electron chi connectivity index (χ1n) is 8.05. The number of amides is 4. The van der Waals surface area contributed by atoms with Crippen molar-refractivity contribution < 1.29 is 32.2 Å². The van der Waals surface area contributed by atoms with Gasteiger partial charge in [0.15, 0.2) is 11.7 Å². The molecule has 0 bridgehead atoms. The van der Waals surface area contributed by atoms with Gasteiger partial charge in [0.1, 0.15) is 5.52 Å². The molecule has 2 saturated heterocycles. The summed E-state index contributed by atoms with van der Waals surface area (Å²) in [5.41, 5.74) is 0.978. The van der Waals surface area contributed by atoms with Gasteiger partial charge in [-0.2, -0.15) is 0 Å². The van der Waals surface area contributed by atoms with Gasteiger partial charge in [0.2, 0.25) is 29.5 Å². The number of hydrogen-bond acceptors (Lipinski definition) is 6. The predicted octanol–water partition coefficient (Wildman–Crippen LogP) is 1.58. The standard InChI is InChI=1S/C16H13N3O5.BF2/c20-11-5-6-12(21)18(11)16(19-13(22)7-8-14(19)23)15-17-9-3-1-2-4-10(9)24-15;2-1-3/h1-4,16H,5-8H2;. The number of benzene rings is 1. The lowest BCUT2D eigenvalue weighted by molar-refractivity contribution is -0.155. The largest absolute Gasteiger partial charge is 0.577 e. The Morgan fingerprint density at radius 1 is 0.889 bits per heavy atom. The molecule has 4 amide bonds. The predicted molar refractivity (Wildman–Crippen MR) is 86.9 cm³/mol. The second kappa shape index (κ2) is 7.64. The van der Waals surface area contributed by atoms with Crippen LogP contribution in [0.25, 0.3) is 11.1 Å². The molecule has 1 aromatic carbocycles. The summed E-state index contributed by atoms with van der Waals surface area (Å²) in [7, 11) is -1.00. The van der Waals surface area contributed by atoms with Crippen LogP contribution in [0.15, 0.2) is 28.7 Å². The summed E-state index contributed by atoms with van der Waals surface area (Å²) >= 11 is 0. The number of rotatable bonds is 3. The van der Waals surface area contributed by atoms with Crippen molar-refractivity contribution in [2.75, 3.05) is 0 Å². The second-order valence-electron chi connectivity index (χ2n) is 5.79. The second-order valence-corrected chi connectivity index (χ2v) is 5.79. The van der Waals surface area contributed by atoms with Crippen LogP contribution in [-0.4, -0.2) is 46.2 Å². The average molecular weight is 376 g/mol. The lowest BCUT2D eigenvalue weighted by Gasteiger charge is -2.30. The van der Waals surface area contributed by atoms with Crippen LogP contribution in [0.3, 0.4) is 0 Å². The minimum Gasteiger partial charge on any atom is -0.436 e. The SMILES string of the molecule is F[B]F.O=C1CCC(=O)N1C(c1nc2ccccc2o1)N1C(=O)CCC1=O. The number of carbonyl (C=O) groups excluding carboxylic acids is 4. The van der Waals surface area contributed by atoms with Crippen LogP contribution in [-0.2, 0) is 19.2 Å². The number of hydrogen-bond donors (Lipinski definition) is 0. The molecule has 0 N–H and O–H groups in total. The molecule has 0 unspecified atom stereocenters. The number of nitrogens with zero attached hydrogens (tertiary/aromatic N) is 3. The molecule has 1 aromatic heterocycles.